The van der Waals surface area contributed by atoms with Crippen molar-refractivity contribution in [2.75, 3.05) is 0 Å². The Labute approximate surface area is 93.7 Å². The van der Waals surface area contributed by atoms with E-state index in [-0.39, 0.29) is 11.2 Å². The Balaban J connectivity index is 3.08. The summed E-state index contributed by atoms with van der Waals surface area (Å²) in [5, 5.41) is 0. The molecule has 1 unspecified atom stereocenters. The highest BCUT2D eigenvalue weighted by molar-refractivity contribution is 5.70. The monoisotopic (exact) mass is 243 g/mol. The summed E-state index contributed by atoms with van der Waals surface area (Å²) in [6, 6.07) is 0. The molecule has 0 fully saturated rings. The van der Waals surface area contributed by atoms with Crippen LogP contribution in [-0.2, 0) is 21.1 Å². The lowest BCUT2D eigenvalue weighted by molar-refractivity contribution is 0.137. The standard InChI is InChI=1S/C9H10F2N4O2/c1-13-4-6(12-7(13)5(10)11)14(2)9(17)15(3)8(4)16/h5H,1-3H3/i10-1. The predicted molar refractivity (Wildman–Crippen MR) is 56.2 cm³/mol. The normalized spacial score (nSPS) is 13.2. The van der Waals surface area contributed by atoms with Gasteiger partial charge in [0.05, 0.1) is 0 Å². The molecule has 0 N–H and O–H groups in total. The Morgan fingerprint density at radius 1 is 1.06 bits per heavy atom. The largest absolute Gasteiger partial charge is 0.332 e. The van der Waals surface area contributed by atoms with Crippen LogP contribution in [0, 0.1) is 0 Å². The molecule has 6 nitrogen and oxygen atoms in total. The molecule has 0 aromatic carbocycles. The van der Waals surface area contributed by atoms with Gasteiger partial charge >= 0.3 is 5.69 Å². The molecule has 2 aromatic rings. The summed E-state index contributed by atoms with van der Waals surface area (Å²) in [5.41, 5.74) is -1.27. The van der Waals surface area contributed by atoms with Crippen molar-refractivity contribution in [1.82, 2.24) is 18.7 Å². The molecule has 1 atom stereocenters. The molecule has 0 aliphatic carbocycles. The highest BCUT2D eigenvalue weighted by Crippen LogP contribution is 2.19. The van der Waals surface area contributed by atoms with Gasteiger partial charge in [0.2, 0.25) is 0 Å². The molecule has 0 spiro atoms. The molecule has 0 bridgehead atoms. The van der Waals surface area contributed by atoms with E-state index < -0.39 is 23.5 Å². The number of halogens is 2. The summed E-state index contributed by atoms with van der Waals surface area (Å²) >= 11 is 0. The van der Waals surface area contributed by atoms with Crippen LogP contribution in [0.3, 0.4) is 0 Å². The maximum Gasteiger partial charge on any atom is 0.332 e. The highest BCUT2D eigenvalue weighted by Gasteiger charge is 2.21. The molecule has 0 aliphatic heterocycles. The van der Waals surface area contributed by atoms with E-state index in [0.29, 0.717) is 0 Å². The SMILES string of the molecule is Cn1c(=O)c2c(nc(C(F)[18F])n2C)n(C)c1=O. The van der Waals surface area contributed by atoms with Crippen molar-refractivity contribution in [3.05, 3.63) is 26.7 Å². The molecular weight excluding hydrogens is 233 g/mol. The lowest BCUT2D eigenvalue weighted by Crippen LogP contribution is -2.37. The minimum absolute atomic E-state index is 0.00935. The molecule has 2 aromatic heterocycles. The maximum absolute atomic E-state index is 12.7. The van der Waals surface area contributed by atoms with Crippen molar-refractivity contribution >= 4 is 11.2 Å². The fraction of sp³-hybridized carbons (Fsp3) is 0.444. The van der Waals surface area contributed by atoms with Gasteiger partial charge in [0.25, 0.3) is 12.0 Å². The Morgan fingerprint density at radius 2 is 1.65 bits per heavy atom. The molecule has 17 heavy (non-hydrogen) atoms. The Hall–Kier alpha value is -1.99. The van der Waals surface area contributed by atoms with Crippen molar-refractivity contribution in [1.29, 1.82) is 0 Å². The predicted octanol–water partition coefficient (Wildman–Crippen LogP) is -0.0917. The molecule has 2 rings (SSSR count). The van der Waals surface area contributed by atoms with Crippen LogP contribution < -0.4 is 11.2 Å². The molecule has 0 saturated heterocycles. The van der Waals surface area contributed by atoms with Crippen LogP contribution in [0.25, 0.3) is 11.2 Å². The van der Waals surface area contributed by atoms with Gasteiger partial charge in [0.15, 0.2) is 17.0 Å². The van der Waals surface area contributed by atoms with Gasteiger partial charge in [-0.25, -0.2) is 18.6 Å². The van der Waals surface area contributed by atoms with E-state index in [2.05, 4.69) is 4.98 Å². The van der Waals surface area contributed by atoms with Crippen LogP contribution in [0.15, 0.2) is 9.59 Å². The third kappa shape index (κ3) is 1.40. The second-order valence-electron chi connectivity index (χ2n) is 3.71. The van der Waals surface area contributed by atoms with Gasteiger partial charge in [-0.2, -0.15) is 0 Å². The first-order valence-corrected chi connectivity index (χ1v) is 4.76. The molecule has 8 heteroatoms. The van der Waals surface area contributed by atoms with Gasteiger partial charge in [-0.1, -0.05) is 0 Å². The Bertz CT molecular complexity index is 710. The third-order valence-electron chi connectivity index (χ3n) is 2.71. The van der Waals surface area contributed by atoms with Crippen molar-refractivity contribution in [2.45, 2.75) is 6.43 Å². The molecule has 92 valence electrons. The van der Waals surface area contributed by atoms with Crippen molar-refractivity contribution in [3.63, 3.8) is 0 Å². The smallest absolute Gasteiger partial charge is 0.320 e. The van der Waals surface area contributed by atoms with Gasteiger partial charge in [-0.05, 0) is 0 Å². The number of alkyl halides is 2. The van der Waals surface area contributed by atoms with E-state index in [4.69, 9.17) is 0 Å². The van der Waals surface area contributed by atoms with Crippen molar-refractivity contribution < 1.29 is 8.78 Å². The average molecular weight is 243 g/mol. The molecule has 0 aliphatic rings. The van der Waals surface area contributed by atoms with Crippen LogP contribution in [0.5, 0.6) is 0 Å². The number of nitrogens with zero attached hydrogens (tertiary/aromatic N) is 4. The zero-order chi connectivity index (χ0) is 12.9. The minimum Gasteiger partial charge on any atom is -0.320 e. The van der Waals surface area contributed by atoms with Crippen LogP contribution >= 0.6 is 0 Å². The van der Waals surface area contributed by atoms with E-state index in [9.17, 15) is 18.4 Å². The molecule has 0 amide bonds. The van der Waals surface area contributed by atoms with Crippen LogP contribution in [0.2, 0.25) is 0 Å². The zero-order valence-electron chi connectivity index (χ0n) is 9.44. The average Bonchev–Trinajstić information content (AvgIpc) is 2.62. The van der Waals surface area contributed by atoms with E-state index in [1.807, 2.05) is 0 Å². The molecule has 0 saturated carbocycles. The van der Waals surface area contributed by atoms with E-state index in [1.165, 1.54) is 21.1 Å². The van der Waals surface area contributed by atoms with Gasteiger partial charge in [0.1, 0.15) is 0 Å². The second kappa shape index (κ2) is 3.51. The first kappa shape index (κ1) is 11.5. The van der Waals surface area contributed by atoms with Crippen molar-refractivity contribution in [3.8, 4) is 0 Å². The van der Waals surface area contributed by atoms with Gasteiger partial charge in [-0.3, -0.25) is 13.9 Å². The third-order valence-corrected chi connectivity index (χ3v) is 2.71. The Morgan fingerprint density at radius 3 is 2.18 bits per heavy atom. The number of imidazole rings is 1. The fourth-order valence-electron chi connectivity index (χ4n) is 1.73. The summed E-state index contributed by atoms with van der Waals surface area (Å²) in [4.78, 5) is 27.0. The van der Waals surface area contributed by atoms with Crippen LogP contribution in [0.1, 0.15) is 12.2 Å². The summed E-state index contributed by atoms with van der Waals surface area (Å²) in [6.45, 7) is 0. The fourth-order valence-corrected chi connectivity index (χ4v) is 1.73. The first-order chi connectivity index (χ1) is 7.86. The number of aryl methyl sites for hydroxylation is 2. The summed E-state index contributed by atoms with van der Waals surface area (Å²) in [6.07, 6.45) is -2.80. The summed E-state index contributed by atoms with van der Waals surface area (Å²) in [5.74, 6) is -0.529. The van der Waals surface area contributed by atoms with Gasteiger partial charge in [-0.15, -0.1) is 0 Å². The molecule has 0 radical (unpaired) electrons. The van der Waals surface area contributed by atoms with Crippen molar-refractivity contribution in [2.24, 2.45) is 21.1 Å². The summed E-state index contributed by atoms with van der Waals surface area (Å²) in [7, 11) is 3.99. The second-order valence-corrected chi connectivity index (χ2v) is 3.71. The Kier molecular flexibility index (Phi) is 2.37. The number of hydrogen-bond acceptors (Lipinski definition) is 3. The number of hydrogen-bond donors (Lipinski definition) is 0. The number of rotatable bonds is 1. The quantitative estimate of drug-likeness (QED) is 0.703. The topological polar surface area (TPSA) is 61.8 Å². The minimum atomic E-state index is -2.80. The lowest BCUT2D eigenvalue weighted by Gasteiger charge is -2.03. The summed E-state index contributed by atoms with van der Waals surface area (Å²) < 4.78 is 28.3. The van der Waals surface area contributed by atoms with Gasteiger partial charge < -0.3 is 4.57 Å². The van der Waals surface area contributed by atoms with E-state index in [1.54, 1.807) is 0 Å². The van der Waals surface area contributed by atoms with Crippen LogP contribution in [0.4, 0.5) is 8.78 Å². The molecule has 2 heterocycles. The first-order valence-electron chi connectivity index (χ1n) is 4.76. The van der Waals surface area contributed by atoms with E-state index >= 15 is 0 Å². The maximum atomic E-state index is 12.7. The molecular formula is C9H10F2N4O2. The number of fused-ring (bicyclic) bond motifs is 1. The highest BCUT2D eigenvalue weighted by atomic mass is 19.2. The number of aromatic nitrogens is 4. The van der Waals surface area contributed by atoms with Gasteiger partial charge in [0, 0.05) is 21.1 Å². The zero-order valence-corrected chi connectivity index (χ0v) is 9.44. The van der Waals surface area contributed by atoms with Crippen LogP contribution in [-0.4, -0.2) is 18.7 Å². The lowest BCUT2D eigenvalue weighted by atomic mass is 10.5. The van der Waals surface area contributed by atoms with E-state index in [0.717, 1.165) is 13.7 Å².